The lowest BCUT2D eigenvalue weighted by Gasteiger charge is -2.14. The zero-order valence-electron chi connectivity index (χ0n) is 10.8. The number of halogens is 9. The van der Waals surface area contributed by atoms with Gasteiger partial charge in [-0.2, -0.15) is 13.2 Å². The molecule has 9 heteroatoms. The molecule has 2 aromatic carbocycles. The van der Waals surface area contributed by atoms with Crippen LogP contribution in [-0.2, 0) is 11.5 Å². The predicted octanol–water partition coefficient (Wildman–Crippen LogP) is 5.96. The zero-order chi connectivity index (χ0) is 17.5. The highest BCUT2D eigenvalue weighted by Gasteiger charge is 2.34. The Bertz CT molecular complexity index is 737. The van der Waals surface area contributed by atoms with E-state index in [2.05, 4.69) is 15.9 Å². The van der Waals surface area contributed by atoms with Crippen LogP contribution in [0, 0.1) is 29.1 Å². The molecule has 0 heterocycles. The van der Waals surface area contributed by atoms with Crippen LogP contribution in [0.2, 0.25) is 0 Å². The molecule has 2 rings (SSSR count). The van der Waals surface area contributed by atoms with Crippen molar-refractivity contribution in [2.24, 2.45) is 0 Å². The fourth-order valence-electron chi connectivity index (χ4n) is 1.97. The summed E-state index contributed by atoms with van der Waals surface area (Å²) >= 11 is 2.83. The SMILES string of the molecule is Fc1c(F)c(F)c(-c2ccc(CBr)c(C(F)(F)F)c2)c(F)c1F. The topological polar surface area (TPSA) is 0 Å². The number of rotatable bonds is 2. The first-order chi connectivity index (χ1) is 10.6. The summed E-state index contributed by atoms with van der Waals surface area (Å²) in [5.74, 6) is -11.2. The Morgan fingerprint density at radius 1 is 0.783 bits per heavy atom. The maximum atomic E-state index is 13.7. The quantitative estimate of drug-likeness (QED) is 0.250. The Labute approximate surface area is 132 Å². The molecule has 0 unspecified atom stereocenters. The van der Waals surface area contributed by atoms with Crippen molar-refractivity contribution in [3.05, 3.63) is 58.4 Å². The second-order valence-corrected chi connectivity index (χ2v) is 5.01. The van der Waals surface area contributed by atoms with E-state index < -0.39 is 52.0 Å². The summed E-state index contributed by atoms with van der Waals surface area (Å²) < 4.78 is 106. The lowest BCUT2D eigenvalue weighted by Crippen LogP contribution is -2.10. The van der Waals surface area contributed by atoms with Crippen LogP contribution >= 0.6 is 15.9 Å². The summed E-state index contributed by atoms with van der Waals surface area (Å²) in [6.07, 6.45) is -4.86. The molecule has 0 aliphatic carbocycles. The lowest BCUT2D eigenvalue weighted by molar-refractivity contribution is -0.138. The molecule has 0 atom stereocenters. The second kappa shape index (κ2) is 6.10. The fourth-order valence-corrected chi connectivity index (χ4v) is 2.46. The number of hydrogen-bond donors (Lipinski definition) is 0. The second-order valence-electron chi connectivity index (χ2n) is 4.45. The smallest absolute Gasteiger partial charge is 0.203 e. The number of benzene rings is 2. The summed E-state index contributed by atoms with van der Waals surface area (Å²) in [4.78, 5) is 0. The molecule has 0 fully saturated rings. The Kier molecular flexibility index (Phi) is 4.70. The molecule has 0 aromatic heterocycles. The van der Waals surface area contributed by atoms with E-state index in [1.165, 1.54) is 0 Å². The Morgan fingerprint density at radius 2 is 1.26 bits per heavy atom. The summed E-state index contributed by atoms with van der Waals surface area (Å²) in [5, 5.41) is -0.209. The van der Waals surface area contributed by atoms with Gasteiger partial charge in [-0.15, -0.1) is 0 Å². The van der Waals surface area contributed by atoms with Gasteiger partial charge in [0, 0.05) is 5.33 Å². The van der Waals surface area contributed by atoms with Gasteiger partial charge < -0.3 is 0 Å². The van der Waals surface area contributed by atoms with Gasteiger partial charge in [0.1, 0.15) is 0 Å². The average Bonchev–Trinajstić information content (AvgIpc) is 2.50. The number of alkyl halides is 4. The van der Waals surface area contributed by atoms with Crippen LogP contribution in [0.1, 0.15) is 11.1 Å². The van der Waals surface area contributed by atoms with Gasteiger partial charge in [-0.25, -0.2) is 22.0 Å². The molecule has 0 spiro atoms. The molecule has 0 N–H and O–H groups in total. The van der Waals surface area contributed by atoms with Crippen molar-refractivity contribution < 1.29 is 35.1 Å². The molecule has 0 amide bonds. The summed E-state index contributed by atoms with van der Waals surface area (Å²) in [6.45, 7) is 0. The van der Waals surface area contributed by atoms with E-state index in [0.29, 0.717) is 6.07 Å². The first-order valence-corrected chi connectivity index (χ1v) is 6.99. The minimum absolute atomic E-state index is 0.209. The van der Waals surface area contributed by atoms with Crippen LogP contribution in [0.3, 0.4) is 0 Å². The summed E-state index contributed by atoms with van der Waals surface area (Å²) in [7, 11) is 0. The Morgan fingerprint density at radius 3 is 1.70 bits per heavy atom. The normalized spacial score (nSPS) is 11.9. The third-order valence-electron chi connectivity index (χ3n) is 3.06. The van der Waals surface area contributed by atoms with Crippen molar-refractivity contribution in [1.82, 2.24) is 0 Å². The highest BCUT2D eigenvalue weighted by atomic mass is 79.9. The molecule has 0 saturated carbocycles. The molecular formula is C14H5BrF8. The highest BCUT2D eigenvalue weighted by Crippen LogP contribution is 2.38. The first-order valence-electron chi connectivity index (χ1n) is 5.87. The van der Waals surface area contributed by atoms with Crippen molar-refractivity contribution in [3.8, 4) is 11.1 Å². The van der Waals surface area contributed by atoms with E-state index in [4.69, 9.17) is 0 Å². The minimum atomic E-state index is -4.86. The van der Waals surface area contributed by atoms with Crippen molar-refractivity contribution in [2.75, 3.05) is 0 Å². The van der Waals surface area contributed by atoms with E-state index >= 15 is 0 Å². The molecule has 23 heavy (non-hydrogen) atoms. The van der Waals surface area contributed by atoms with Gasteiger partial charge in [0.25, 0.3) is 0 Å². The maximum absolute atomic E-state index is 13.7. The van der Waals surface area contributed by atoms with Crippen molar-refractivity contribution >= 4 is 15.9 Å². The van der Waals surface area contributed by atoms with Gasteiger partial charge in [0.2, 0.25) is 5.82 Å². The molecule has 0 aliphatic rings. The van der Waals surface area contributed by atoms with E-state index in [1.54, 1.807) is 0 Å². The van der Waals surface area contributed by atoms with Crippen molar-refractivity contribution in [1.29, 1.82) is 0 Å². The molecule has 0 bridgehead atoms. The van der Waals surface area contributed by atoms with Crippen molar-refractivity contribution in [2.45, 2.75) is 11.5 Å². The molecule has 124 valence electrons. The van der Waals surface area contributed by atoms with E-state index in [-0.39, 0.29) is 10.9 Å². The molecule has 0 radical (unpaired) electrons. The van der Waals surface area contributed by atoms with Crippen LogP contribution < -0.4 is 0 Å². The van der Waals surface area contributed by atoms with Gasteiger partial charge in [-0.05, 0) is 17.2 Å². The average molecular weight is 405 g/mol. The highest BCUT2D eigenvalue weighted by molar-refractivity contribution is 9.08. The van der Waals surface area contributed by atoms with Crippen LogP contribution in [0.4, 0.5) is 35.1 Å². The Balaban J connectivity index is 2.79. The first kappa shape index (κ1) is 17.7. The van der Waals surface area contributed by atoms with Crippen LogP contribution in [0.15, 0.2) is 18.2 Å². The maximum Gasteiger partial charge on any atom is 0.416 e. The summed E-state index contributed by atoms with van der Waals surface area (Å²) in [5.41, 5.74) is -3.66. The van der Waals surface area contributed by atoms with Gasteiger partial charge in [0.05, 0.1) is 11.1 Å². The third-order valence-corrected chi connectivity index (χ3v) is 3.66. The fraction of sp³-hybridized carbons (Fsp3) is 0.143. The van der Waals surface area contributed by atoms with Gasteiger partial charge in [-0.1, -0.05) is 28.1 Å². The molecule has 0 nitrogen and oxygen atoms in total. The minimum Gasteiger partial charge on any atom is -0.203 e. The monoisotopic (exact) mass is 404 g/mol. The van der Waals surface area contributed by atoms with E-state index in [9.17, 15) is 35.1 Å². The largest absolute Gasteiger partial charge is 0.416 e. The molecular weight excluding hydrogens is 400 g/mol. The van der Waals surface area contributed by atoms with Gasteiger partial charge in [0.15, 0.2) is 23.3 Å². The van der Waals surface area contributed by atoms with Gasteiger partial charge in [-0.3, -0.25) is 0 Å². The van der Waals surface area contributed by atoms with E-state index in [0.717, 1.165) is 12.1 Å². The third kappa shape index (κ3) is 3.06. The number of hydrogen-bond acceptors (Lipinski definition) is 0. The molecule has 0 aliphatic heterocycles. The van der Waals surface area contributed by atoms with Crippen LogP contribution in [0.5, 0.6) is 0 Å². The lowest BCUT2D eigenvalue weighted by atomic mass is 9.98. The molecule has 0 saturated heterocycles. The summed E-state index contributed by atoms with van der Waals surface area (Å²) in [6, 6.07) is 2.09. The Hall–Kier alpha value is -1.64. The van der Waals surface area contributed by atoms with E-state index in [1.807, 2.05) is 0 Å². The van der Waals surface area contributed by atoms with Gasteiger partial charge >= 0.3 is 6.18 Å². The van der Waals surface area contributed by atoms with Crippen molar-refractivity contribution in [3.63, 3.8) is 0 Å². The van der Waals surface area contributed by atoms with Crippen LogP contribution in [0.25, 0.3) is 11.1 Å². The van der Waals surface area contributed by atoms with Crippen LogP contribution in [-0.4, -0.2) is 0 Å². The zero-order valence-corrected chi connectivity index (χ0v) is 12.4. The standard InChI is InChI=1S/C14H5BrF8/c15-4-6-2-1-5(3-7(6)14(21,22)23)8-9(16)11(18)13(20)12(19)10(8)17/h1-3H,4H2. The predicted molar refractivity (Wildman–Crippen MR) is 69.3 cm³/mol. The molecule has 2 aromatic rings.